The van der Waals surface area contributed by atoms with Gasteiger partial charge in [-0.1, -0.05) is 0 Å². The van der Waals surface area contributed by atoms with Crippen LogP contribution in [0.4, 0.5) is 0 Å². The van der Waals surface area contributed by atoms with Crippen LogP contribution < -0.4 is 5.32 Å². The summed E-state index contributed by atoms with van der Waals surface area (Å²) >= 11 is 0. The minimum Gasteiger partial charge on any atom is -0.481 e. The molecular weight excluding hydrogens is 210 g/mol. The molecule has 0 aromatic heterocycles. The number of carbonyl (C=O) groups excluding carboxylic acids is 1. The lowest BCUT2D eigenvalue weighted by molar-refractivity contribution is -0.137. The highest BCUT2D eigenvalue weighted by molar-refractivity contribution is 5.77. The molecule has 1 rings (SSSR count). The lowest BCUT2D eigenvalue weighted by atomic mass is 10.0. The number of nitrogens with one attached hydrogen (secondary N) is 1. The number of carbonyl (C=O) groups is 2. The Bertz CT molecular complexity index is 254. The zero-order valence-corrected chi connectivity index (χ0v) is 9.57. The molecule has 0 aromatic carbocycles. The van der Waals surface area contributed by atoms with Gasteiger partial charge in [-0.05, 0) is 26.2 Å². The van der Waals surface area contributed by atoms with Crippen molar-refractivity contribution in [1.82, 2.24) is 5.32 Å². The van der Waals surface area contributed by atoms with E-state index in [1.54, 1.807) is 0 Å². The van der Waals surface area contributed by atoms with Crippen LogP contribution in [0.3, 0.4) is 0 Å². The molecule has 0 aliphatic carbocycles. The fourth-order valence-corrected chi connectivity index (χ4v) is 1.83. The summed E-state index contributed by atoms with van der Waals surface area (Å²) in [5, 5.41) is 11.3. The summed E-state index contributed by atoms with van der Waals surface area (Å²) in [6.45, 7) is 2.67. The fourth-order valence-electron chi connectivity index (χ4n) is 1.83. The molecule has 1 fully saturated rings. The molecule has 0 spiro atoms. The highest BCUT2D eigenvalue weighted by atomic mass is 16.5. The van der Waals surface area contributed by atoms with Crippen LogP contribution in [0.5, 0.6) is 0 Å². The molecule has 1 aliphatic rings. The summed E-state index contributed by atoms with van der Waals surface area (Å²) in [6.07, 6.45) is 2.62. The van der Waals surface area contributed by atoms with E-state index < -0.39 is 5.97 Å². The van der Waals surface area contributed by atoms with Crippen molar-refractivity contribution in [3.05, 3.63) is 0 Å². The number of ether oxygens (including phenoxy) is 1. The molecule has 1 amide bonds. The lowest BCUT2D eigenvalue weighted by Crippen LogP contribution is -2.41. The Labute approximate surface area is 95.2 Å². The number of hydrogen-bond acceptors (Lipinski definition) is 3. The highest BCUT2D eigenvalue weighted by Gasteiger charge is 2.20. The van der Waals surface area contributed by atoms with E-state index in [0.717, 1.165) is 12.8 Å². The number of rotatable bonds is 5. The number of amides is 1. The van der Waals surface area contributed by atoms with Crippen LogP contribution >= 0.6 is 0 Å². The molecule has 1 saturated heterocycles. The predicted octanol–water partition coefficient (Wildman–Crippen LogP) is 0.925. The first-order valence-corrected chi connectivity index (χ1v) is 5.70. The maximum absolute atomic E-state index is 11.5. The Morgan fingerprint density at radius 2 is 2.19 bits per heavy atom. The van der Waals surface area contributed by atoms with Crippen molar-refractivity contribution in [2.24, 2.45) is 0 Å². The van der Waals surface area contributed by atoms with Gasteiger partial charge in [0.15, 0.2) is 0 Å². The second-order valence-corrected chi connectivity index (χ2v) is 4.22. The lowest BCUT2D eigenvalue weighted by Gasteiger charge is -2.27. The largest absolute Gasteiger partial charge is 0.481 e. The average molecular weight is 229 g/mol. The van der Waals surface area contributed by atoms with E-state index >= 15 is 0 Å². The van der Waals surface area contributed by atoms with Crippen molar-refractivity contribution in [2.75, 3.05) is 6.61 Å². The van der Waals surface area contributed by atoms with Crippen LogP contribution in [-0.4, -0.2) is 35.7 Å². The van der Waals surface area contributed by atoms with E-state index in [1.807, 2.05) is 6.92 Å². The van der Waals surface area contributed by atoms with E-state index in [2.05, 4.69) is 5.32 Å². The van der Waals surface area contributed by atoms with Crippen molar-refractivity contribution in [3.8, 4) is 0 Å². The van der Waals surface area contributed by atoms with Gasteiger partial charge in [0.2, 0.25) is 5.91 Å². The third-order valence-electron chi connectivity index (χ3n) is 2.64. The van der Waals surface area contributed by atoms with E-state index in [9.17, 15) is 9.59 Å². The molecule has 0 bridgehead atoms. The number of aliphatic carboxylic acids is 1. The quantitative estimate of drug-likeness (QED) is 0.735. The number of carboxylic acid groups (broad SMARTS) is 1. The van der Waals surface area contributed by atoms with Gasteiger partial charge in [0.05, 0.1) is 6.10 Å². The minimum absolute atomic E-state index is 0.0532. The molecular formula is C11H19NO4. The van der Waals surface area contributed by atoms with Gasteiger partial charge >= 0.3 is 5.97 Å². The van der Waals surface area contributed by atoms with Gasteiger partial charge in [0.1, 0.15) is 0 Å². The first-order valence-electron chi connectivity index (χ1n) is 5.70. The molecule has 16 heavy (non-hydrogen) atoms. The van der Waals surface area contributed by atoms with Crippen LogP contribution in [0.1, 0.15) is 39.0 Å². The van der Waals surface area contributed by atoms with Gasteiger partial charge in [-0.2, -0.15) is 0 Å². The zero-order valence-electron chi connectivity index (χ0n) is 9.57. The summed E-state index contributed by atoms with van der Waals surface area (Å²) in [4.78, 5) is 21.7. The Balaban J connectivity index is 2.15. The molecule has 5 heteroatoms. The Hall–Kier alpha value is -1.10. The van der Waals surface area contributed by atoms with Crippen molar-refractivity contribution in [2.45, 2.75) is 51.2 Å². The maximum atomic E-state index is 11.5. The predicted molar refractivity (Wildman–Crippen MR) is 58.1 cm³/mol. The summed E-state index contributed by atoms with van der Waals surface area (Å²) in [5.41, 5.74) is 0. The second kappa shape index (κ2) is 6.48. The molecule has 1 aliphatic heterocycles. The molecule has 92 valence electrons. The zero-order chi connectivity index (χ0) is 12.0. The van der Waals surface area contributed by atoms with Crippen LogP contribution in [0.15, 0.2) is 0 Å². The van der Waals surface area contributed by atoms with Crippen LogP contribution in [-0.2, 0) is 14.3 Å². The standard InChI is InChI=1S/C11H19NO4/c1-8-7-9(5-6-16-8)12-10(13)3-2-4-11(14)15/h8-9H,2-7H2,1H3,(H,12,13)(H,14,15). The van der Waals surface area contributed by atoms with Crippen molar-refractivity contribution >= 4 is 11.9 Å². The van der Waals surface area contributed by atoms with E-state index in [-0.39, 0.29) is 30.9 Å². The third-order valence-corrected chi connectivity index (χ3v) is 2.64. The normalized spacial score (nSPS) is 25.1. The summed E-state index contributed by atoms with van der Waals surface area (Å²) in [5.74, 6) is -0.909. The molecule has 2 atom stereocenters. The first kappa shape index (κ1) is 13.0. The molecule has 1 heterocycles. The van der Waals surface area contributed by atoms with Crippen molar-refractivity contribution < 1.29 is 19.4 Å². The monoisotopic (exact) mass is 229 g/mol. The SMILES string of the molecule is CC1CC(NC(=O)CCCC(=O)O)CCO1. The summed E-state index contributed by atoms with van der Waals surface area (Å²) in [7, 11) is 0. The van der Waals surface area contributed by atoms with Crippen molar-refractivity contribution in [3.63, 3.8) is 0 Å². The number of hydrogen-bond donors (Lipinski definition) is 2. The van der Waals surface area contributed by atoms with Crippen LogP contribution in [0.25, 0.3) is 0 Å². The molecule has 2 unspecified atom stereocenters. The highest BCUT2D eigenvalue weighted by Crippen LogP contribution is 2.13. The molecule has 0 aromatic rings. The third kappa shape index (κ3) is 5.11. The van der Waals surface area contributed by atoms with Gasteiger partial charge in [-0.15, -0.1) is 0 Å². The average Bonchev–Trinajstić information content (AvgIpc) is 2.16. The Kier molecular flexibility index (Phi) is 5.25. The molecule has 0 saturated carbocycles. The molecule has 2 N–H and O–H groups in total. The van der Waals surface area contributed by atoms with E-state index in [0.29, 0.717) is 13.0 Å². The van der Waals surface area contributed by atoms with Gasteiger partial charge in [-0.3, -0.25) is 9.59 Å². The smallest absolute Gasteiger partial charge is 0.303 e. The van der Waals surface area contributed by atoms with Crippen molar-refractivity contribution in [1.29, 1.82) is 0 Å². The van der Waals surface area contributed by atoms with Gasteiger partial charge in [0, 0.05) is 25.5 Å². The maximum Gasteiger partial charge on any atom is 0.303 e. The first-order chi connectivity index (χ1) is 7.58. The summed E-state index contributed by atoms with van der Waals surface area (Å²) in [6, 6.07) is 0.182. The topological polar surface area (TPSA) is 75.6 Å². The molecule has 0 radical (unpaired) electrons. The molecule has 5 nitrogen and oxygen atoms in total. The Morgan fingerprint density at radius 3 is 2.81 bits per heavy atom. The van der Waals surface area contributed by atoms with Gasteiger partial charge in [-0.25, -0.2) is 0 Å². The number of carboxylic acids is 1. The van der Waals surface area contributed by atoms with E-state index in [4.69, 9.17) is 9.84 Å². The minimum atomic E-state index is -0.854. The van der Waals surface area contributed by atoms with Gasteiger partial charge < -0.3 is 15.2 Å². The Morgan fingerprint density at radius 1 is 1.44 bits per heavy atom. The second-order valence-electron chi connectivity index (χ2n) is 4.22. The van der Waals surface area contributed by atoms with Crippen LogP contribution in [0.2, 0.25) is 0 Å². The van der Waals surface area contributed by atoms with E-state index in [1.165, 1.54) is 0 Å². The summed E-state index contributed by atoms with van der Waals surface area (Å²) < 4.78 is 5.37. The fraction of sp³-hybridized carbons (Fsp3) is 0.818. The van der Waals surface area contributed by atoms with Crippen LogP contribution in [0, 0.1) is 0 Å². The van der Waals surface area contributed by atoms with Gasteiger partial charge in [0.25, 0.3) is 0 Å².